The van der Waals surface area contributed by atoms with Gasteiger partial charge in [0.2, 0.25) is 21.8 Å². The molecular formula is C26H28N6O6S. The van der Waals surface area contributed by atoms with Crippen LogP contribution in [0.3, 0.4) is 0 Å². The summed E-state index contributed by atoms with van der Waals surface area (Å²) < 4.78 is 46.3. The SMILES string of the molecule is COc1ccc(-c2nnc3ccc(OCCNS(=O)(=O)c4ccc5c(c4)CC(C)N5C(C)=O)nn23)c(OC)c1. The lowest BCUT2D eigenvalue weighted by atomic mass is 10.1. The zero-order chi connectivity index (χ0) is 27.7. The fraction of sp³-hybridized carbons (Fsp3) is 0.308. The Kier molecular flexibility index (Phi) is 7.10. The average Bonchev–Trinajstić information content (AvgIpc) is 3.49. The Hall–Kier alpha value is -4.23. The Morgan fingerprint density at radius 1 is 1.08 bits per heavy atom. The van der Waals surface area contributed by atoms with Crippen LogP contribution in [0, 0.1) is 0 Å². The Morgan fingerprint density at radius 2 is 1.90 bits per heavy atom. The van der Waals surface area contributed by atoms with E-state index in [1.165, 1.54) is 17.5 Å². The van der Waals surface area contributed by atoms with E-state index in [4.69, 9.17) is 14.2 Å². The third kappa shape index (κ3) is 5.10. The highest BCUT2D eigenvalue weighted by Gasteiger charge is 2.30. The maximum Gasteiger partial charge on any atom is 0.240 e. The van der Waals surface area contributed by atoms with Gasteiger partial charge in [0, 0.05) is 37.3 Å². The number of ether oxygens (including phenoxy) is 3. The van der Waals surface area contributed by atoms with Crippen molar-refractivity contribution in [3.05, 3.63) is 54.1 Å². The smallest absolute Gasteiger partial charge is 0.240 e. The monoisotopic (exact) mass is 552 g/mol. The normalized spacial score (nSPS) is 14.9. The van der Waals surface area contributed by atoms with E-state index < -0.39 is 10.0 Å². The molecule has 1 aliphatic heterocycles. The van der Waals surface area contributed by atoms with Crippen molar-refractivity contribution in [2.45, 2.75) is 31.2 Å². The molecule has 0 radical (unpaired) electrons. The average molecular weight is 553 g/mol. The molecule has 0 bridgehead atoms. The molecule has 1 amide bonds. The molecule has 5 rings (SSSR count). The van der Waals surface area contributed by atoms with Crippen LogP contribution in [0.2, 0.25) is 0 Å². The number of methoxy groups -OCH3 is 2. The summed E-state index contributed by atoms with van der Waals surface area (Å²) in [6.07, 6.45) is 0.600. The molecule has 1 aliphatic rings. The lowest BCUT2D eigenvalue weighted by molar-refractivity contribution is -0.116. The van der Waals surface area contributed by atoms with Crippen LogP contribution in [-0.2, 0) is 21.2 Å². The molecule has 12 nitrogen and oxygen atoms in total. The maximum absolute atomic E-state index is 12.9. The summed E-state index contributed by atoms with van der Waals surface area (Å²) in [6.45, 7) is 3.51. The Bertz CT molecular complexity index is 1650. The van der Waals surface area contributed by atoms with Crippen molar-refractivity contribution in [1.29, 1.82) is 0 Å². The third-order valence-corrected chi connectivity index (χ3v) is 7.91. The summed E-state index contributed by atoms with van der Waals surface area (Å²) in [7, 11) is -0.656. The first-order chi connectivity index (χ1) is 18.7. The van der Waals surface area contributed by atoms with Crippen molar-refractivity contribution in [3.8, 4) is 28.8 Å². The van der Waals surface area contributed by atoms with E-state index in [0.717, 1.165) is 11.3 Å². The minimum absolute atomic E-state index is 0.0151. The van der Waals surface area contributed by atoms with E-state index in [-0.39, 0.29) is 35.9 Å². The van der Waals surface area contributed by atoms with Gasteiger partial charge in [-0.05, 0) is 55.3 Å². The van der Waals surface area contributed by atoms with Gasteiger partial charge in [0.05, 0.1) is 24.7 Å². The first kappa shape index (κ1) is 26.4. The molecule has 4 aromatic rings. The van der Waals surface area contributed by atoms with Crippen molar-refractivity contribution < 1.29 is 27.4 Å². The molecule has 0 saturated heterocycles. The van der Waals surface area contributed by atoms with Crippen LogP contribution in [-0.4, -0.2) is 67.5 Å². The van der Waals surface area contributed by atoms with E-state index in [1.807, 2.05) is 6.92 Å². The number of hydrogen-bond acceptors (Lipinski definition) is 9. The molecule has 1 atom stereocenters. The van der Waals surface area contributed by atoms with Gasteiger partial charge in [-0.25, -0.2) is 13.1 Å². The number of fused-ring (bicyclic) bond motifs is 2. The molecule has 2 aromatic carbocycles. The number of sulfonamides is 1. The van der Waals surface area contributed by atoms with Crippen LogP contribution in [0.4, 0.5) is 5.69 Å². The minimum atomic E-state index is -3.78. The van der Waals surface area contributed by atoms with Gasteiger partial charge in [0.15, 0.2) is 11.5 Å². The lowest BCUT2D eigenvalue weighted by Crippen LogP contribution is -2.33. The number of amides is 1. The molecule has 3 heterocycles. The number of hydrogen-bond donors (Lipinski definition) is 1. The van der Waals surface area contributed by atoms with Crippen LogP contribution < -0.4 is 23.8 Å². The number of carbonyl (C=O) groups excluding carboxylic acids is 1. The van der Waals surface area contributed by atoms with Gasteiger partial charge in [0.25, 0.3) is 0 Å². The molecule has 204 valence electrons. The molecule has 0 aliphatic carbocycles. The van der Waals surface area contributed by atoms with E-state index in [1.54, 1.807) is 61.6 Å². The van der Waals surface area contributed by atoms with Crippen LogP contribution in [0.5, 0.6) is 17.4 Å². The lowest BCUT2D eigenvalue weighted by Gasteiger charge is -2.20. The van der Waals surface area contributed by atoms with E-state index in [9.17, 15) is 13.2 Å². The van der Waals surface area contributed by atoms with Gasteiger partial charge < -0.3 is 19.1 Å². The van der Waals surface area contributed by atoms with Gasteiger partial charge in [-0.15, -0.1) is 15.3 Å². The first-order valence-corrected chi connectivity index (χ1v) is 13.7. The molecule has 39 heavy (non-hydrogen) atoms. The summed E-state index contributed by atoms with van der Waals surface area (Å²) in [6, 6.07) is 13.5. The fourth-order valence-corrected chi connectivity index (χ4v) is 5.73. The minimum Gasteiger partial charge on any atom is -0.497 e. The molecule has 0 spiro atoms. The molecule has 0 fully saturated rings. The van der Waals surface area contributed by atoms with Gasteiger partial charge in [-0.2, -0.15) is 4.52 Å². The van der Waals surface area contributed by atoms with Crippen LogP contribution >= 0.6 is 0 Å². The Morgan fingerprint density at radius 3 is 2.64 bits per heavy atom. The number of nitrogens with one attached hydrogen (secondary N) is 1. The van der Waals surface area contributed by atoms with E-state index >= 15 is 0 Å². The van der Waals surface area contributed by atoms with Crippen molar-refractivity contribution in [2.75, 3.05) is 32.3 Å². The number of anilines is 1. The second kappa shape index (κ2) is 10.5. The second-order valence-corrected chi connectivity index (χ2v) is 10.8. The highest BCUT2D eigenvalue weighted by molar-refractivity contribution is 7.89. The van der Waals surface area contributed by atoms with Crippen LogP contribution in [0.15, 0.2) is 53.4 Å². The summed E-state index contributed by atoms with van der Waals surface area (Å²) >= 11 is 0. The largest absolute Gasteiger partial charge is 0.497 e. The second-order valence-electron chi connectivity index (χ2n) is 9.01. The zero-order valence-electron chi connectivity index (χ0n) is 21.9. The van der Waals surface area contributed by atoms with Gasteiger partial charge in [-0.3, -0.25) is 4.79 Å². The number of nitrogens with zero attached hydrogens (tertiary/aromatic N) is 5. The van der Waals surface area contributed by atoms with Crippen molar-refractivity contribution in [1.82, 2.24) is 24.5 Å². The number of aromatic nitrogens is 4. The molecule has 1 N–H and O–H groups in total. The van der Waals surface area contributed by atoms with Gasteiger partial charge in [0.1, 0.15) is 18.1 Å². The highest BCUT2D eigenvalue weighted by atomic mass is 32.2. The quantitative estimate of drug-likeness (QED) is 0.310. The standard InChI is InChI=1S/C26H28N6O6S/c1-16-13-18-14-20(6-8-22(18)31(16)17(2)33)39(34,35)27-11-12-38-25-10-9-24-28-29-26(32(24)30-25)21-7-5-19(36-3)15-23(21)37-4/h5-10,14-16,27H,11-13H2,1-4H3. The van der Waals surface area contributed by atoms with E-state index in [0.29, 0.717) is 35.0 Å². The summed E-state index contributed by atoms with van der Waals surface area (Å²) in [5, 5.41) is 12.9. The Balaban J connectivity index is 1.26. The zero-order valence-corrected chi connectivity index (χ0v) is 22.7. The van der Waals surface area contributed by atoms with Crippen molar-refractivity contribution in [2.24, 2.45) is 0 Å². The first-order valence-electron chi connectivity index (χ1n) is 12.2. The number of carbonyl (C=O) groups is 1. The fourth-order valence-electron chi connectivity index (χ4n) is 4.67. The number of rotatable bonds is 9. The molecule has 13 heteroatoms. The van der Waals surface area contributed by atoms with Crippen LogP contribution in [0.1, 0.15) is 19.4 Å². The molecular weight excluding hydrogens is 524 g/mol. The Labute approximate surface area is 225 Å². The predicted molar refractivity (Wildman–Crippen MR) is 143 cm³/mol. The van der Waals surface area contributed by atoms with Crippen LogP contribution in [0.25, 0.3) is 17.0 Å². The van der Waals surface area contributed by atoms with Gasteiger partial charge >= 0.3 is 0 Å². The summed E-state index contributed by atoms with van der Waals surface area (Å²) in [5.74, 6) is 1.83. The predicted octanol–water partition coefficient (Wildman–Crippen LogP) is 2.46. The van der Waals surface area contributed by atoms with Crippen molar-refractivity contribution in [3.63, 3.8) is 0 Å². The van der Waals surface area contributed by atoms with Gasteiger partial charge in [-0.1, -0.05) is 0 Å². The molecule has 2 aromatic heterocycles. The topological polar surface area (TPSA) is 137 Å². The maximum atomic E-state index is 12.9. The third-order valence-electron chi connectivity index (χ3n) is 6.45. The molecule has 0 saturated carbocycles. The van der Waals surface area contributed by atoms with Crippen molar-refractivity contribution >= 4 is 27.3 Å². The summed E-state index contributed by atoms with van der Waals surface area (Å²) in [4.78, 5) is 13.8. The number of benzene rings is 2. The highest BCUT2D eigenvalue weighted by Crippen LogP contribution is 2.34. The van der Waals surface area contributed by atoms with E-state index in [2.05, 4.69) is 20.0 Å². The molecule has 1 unspecified atom stereocenters. The summed E-state index contributed by atoms with van der Waals surface area (Å²) in [5.41, 5.74) is 2.75.